The van der Waals surface area contributed by atoms with Gasteiger partial charge in [0.25, 0.3) is 0 Å². The molecule has 0 spiro atoms. The molecule has 1 fully saturated rings. The maximum Gasteiger partial charge on any atom is 0.161 e. The fraction of sp³-hybridized carbons (Fsp3) is 0.571. The van der Waals surface area contributed by atoms with Crippen LogP contribution in [0, 0.1) is 0 Å². The number of hydrogen-bond acceptors (Lipinski definition) is 3. The second kappa shape index (κ2) is 7.24. The van der Waals surface area contributed by atoms with Crippen LogP contribution in [0.5, 0.6) is 11.5 Å². The van der Waals surface area contributed by atoms with Gasteiger partial charge >= 0.3 is 0 Å². The van der Waals surface area contributed by atoms with Crippen molar-refractivity contribution in [2.45, 2.75) is 18.9 Å². The van der Waals surface area contributed by atoms with Gasteiger partial charge in [-0.3, -0.25) is 0 Å². The van der Waals surface area contributed by atoms with Crippen LogP contribution in [0.1, 0.15) is 12.8 Å². The second-order valence-corrected chi connectivity index (χ2v) is 4.45. The lowest BCUT2D eigenvalue weighted by Gasteiger charge is -2.11. The van der Waals surface area contributed by atoms with Gasteiger partial charge in [0.2, 0.25) is 0 Å². The summed E-state index contributed by atoms with van der Waals surface area (Å²) < 4.78 is 16.5. The van der Waals surface area contributed by atoms with Crippen molar-refractivity contribution in [2.24, 2.45) is 0 Å². The molecule has 1 aliphatic heterocycles. The first-order valence-electron chi connectivity index (χ1n) is 6.59. The van der Waals surface area contributed by atoms with E-state index >= 15 is 0 Å². The molecule has 0 aliphatic carbocycles. The van der Waals surface area contributed by atoms with Gasteiger partial charge in [0.15, 0.2) is 11.5 Å². The molecule has 0 saturated carbocycles. The van der Waals surface area contributed by atoms with Gasteiger partial charge in [-0.05, 0) is 25.0 Å². The molecule has 0 aromatic heterocycles. The molecule has 0 radical (unpaired) electrons. The molecule has 100 valence electrons. The lowest BCUT2D eigenvalue weighted by molar-refractivity contribution is -0.661. The Bertz CT molecular complexity index is 351. The minimum absolute atomic E-state index is 0.441. The molecule has 1 heterocycles. The van der Waals surface area contributed by atoms with Gasteiger partial charge in [-0.2, -0.15) is 0 Å². The van der Waals surface area contributed by atoms with E-state index in [1.807, 2.05) is 24.3 Å². The summed E-state index contributed by atoms with van der Waals surface area (Å²) in [5, 5.41) is 2.26. The van der Waals surface area contributed by atoms with Crippen molar-refractivity contribution in [1.29, 1.82) is 0 Å². The van der Waals surface area contributed by atoms with E-state index in [1.165, 1.54) is 12.8 Å². The molecule has 18 heavy (non-hydrogen) atoms. The molecule has 4 heteroatoms. The molecule has 2 rings (SSSR count). The Morgan fingerprint density at radius 2 is 2.17 bits per heavy atom. The Kier molecular flexibility index (Phi) is 5.30. The third-order valence-corrected chi connectivity index (χ3v) is 3.10. The molecule has 1 aromatic carbocycles. The number of methoxy groups -OCH3 is 1. The zero-order chi connectivity index (χ0) is 12.6. The Morgan fingerprint density at radius 1 is 1.33 bits per heavy atom. The molecule has 2 N–H and O–H groups in total. The van der Waals surface area contributed by atoms with E-state index in [4.69, 9.17) is 14.2 Å². The first-order valence-corrected chi connectivity index (χ1v) is 6.59. The first-order chi connectivity index (χ1) is 8.90. The quantitative estimate of drug-likeness (QED) is 0.731. The van der Waals surface area contributed by atoms with Crippen molar-refractivity contribution in [2.75, 3.05) is 33.4 Å². The van der Waals surface area contributed by atoms with Crippen LogP contribution in [0.2, 0.25) is 0 Å². The number of para-hydroxylation sites is 2. The summed E-state index contributed by atoms with van der Waals surface area (Å²) in [7, 11) is 1.66. The first kappa shape index (κ1) is 13.2. The van der Waals surface area contributed by atoms with Crippen LogP contribution in [-0.4, -0.2) is 39.5 Å². The summed E-state index contributed by atoms with van der Waals surface area (Å²) in [6, 6.07) is 7.73. The van der Waals surface area contributed by atoms with E-state index in [2.05, 4.69) is 5.32 Å². The summed E-state index contributed by atoms with van der Waals surface area (Å²) in [6.07, 6.45) is 2.84. The van der Waals surface area contributed by atoms with E-state index in [0.29, 0.717) is 12.7 Å². The zero-order valence-electron chi connectivity index (χ0n) is 10.9. The van der Waals surface area contributed by atoms with Crippen molar-refractivity contribution >= 4 is 0 Å². The minimum atomic E-state index is 0.441. The fourth-order valence-corrected chi connectivity index (χ4v) is 2.12. The van der Waals surface area contributed by atoms with Gasteiger partial charge in [0.05, 0.1) is 7.11 Å². The molecule has 1 atom stereocenters. The predicted octanol–water partition coefficient (Wildman–Crippen LogP) is 0.816. The van der Waals surface area contributed by atoms with Crippen LogP contribution >= 0.6 is 0 Å². The van der Waals surface area contributed by atoms with Crippen LogP contribution in [0.4, 0.5) is 0 Å². The number of quaternary nitrogens is 1. The van der Waals surface area contributed by atoms with Crippen LogP contribution < -0.4 is 14.8 Å². The van der Waals surface area contributed by atoms with Crippen LogP contribution in [-0.2, 0) is 4.74 Å². The van der Waals surface area contributed by atoms with Crippen LogP contribution in [0.3, 0.4) is 0 Å². The van der Waals surface area contributed by atoms with Crippen molar-refractivity contribution in [1.82, 2.24) is 0 Å². The number of ether oxygens (including phenoxy) is 3. The highest BCUT2D eigenvalue weighted by molar-refractivity contribution is 5.39. The molecule has 0 bridgehead atoms. The summed E-state index contributed by atoms with van der Waals surface area (Å²) in [5.74, 6) is 1.60. The van der Waals surface area contributed by atoms with Crippen molar-refractivity contribution in [3.63, 3.8) is 0 Å². The SMILES string of the molecule is COc1ccccc1OCC[NH2+]C[C@@H]1CCCO1. The largest absolute Gasteiger partial charge is 0.493 e. The average Bonchev–Trinajstić information content (AvgIpc) is 2.92. The Hall–Kier alpha value is -1.26. The van der Waals surface area contributed by atoms with Gasteiger partial charge in [-0.25, -0.2) is 0 Å². The average molecular weight is 252 g/mol. The van der Waals surface area contributed by atoms with Gasteiger partial charge in [0, 0.05) is 6.61 Å². The molecule has 1 aliphatic rings. The van der Waals surface area contributed by atoms with E-state index in [9.17, 15) is 0 Å². The van der Waals surface area contributed by atoms with E-state index in [-0.39, 0.29) is 0 Å². The van der Waals surface area contributed by atoms with E-state index in [0.717, 1.165) is 31.2 Å². The predicted molar refractivity (Wildman–Crippen MR) is 69.1 cm³/mol. The summed E-state index contributed by atoms with van der Waals surface area (Å²) >= 11 is 0. The van der Waals surface area contributed by atoms with Gasteiger partial charge < -0.3 is 19.5 Å². The highest BCUT2D eigenvalue weighted by Crippen LogP contribution is 2.25. The smallest absolute Gasteiger partial charge is 0.161 e. The summed E-state index contributed by atoms with van der Waals surface area (Å²) in [5.41, 5.74) is 0. The van der Waals surface area contributed by atoms with Crippen molar-refractivity contribution in [3.8, 4) is 11.5 Å². The molecule has 4 nitrogen and oxygen atoms in total. The molecule has 0 amide bonds. The number of nitrogens with two attached hydrogens (primary N) is 1. The van der Waals surface area contributed by atoms with Crippen LogP contribution in [0.25, 0.3) is 0 Å². The number of hydrogen-bond donors (Lipinski definition) is 1. The third kappa shape index (κ3) is 3.89. The minimum Gasteiger partial charge on any atom is -0.493 e. The summed E-state index contributed by atoms with van der Waals surface area (Å²) in [4.78, 5) is 0. The monoisotopic (exact) mass is 252 g/mol. The van der Waals surface area contributed by atoms with Gasteiger partial charge in [-0.1, -0.05) is 12.1 Å². The van der Waals surface area contributed by atoms with Crippen molar-refractivity contribution < 1.29 is 19.5 Å². The molecular formula is C14H22NO3+. The molecule has 1 saturated heterocycles. The molecular weight excluding hydrogens is 230 g/mol. The Morgan fingerprint density at radius 3 is 2.89 bits per heavy atom. The highest BCUT2D eigenvalue weighted by atomic mass is 16.5. The zero-order valence-corrected chi connectivity index (χ0v) is 10.9. The third-order valence-electron chi connectivity index (χ3n) is 3.10. The highest BCUT2D eigenvalue weighted by Gasteiger charge is 2.16. The molecule has 1 aromatic rings. The Labute approximate surface area is 108 Å². The standard InChI is InChI=1S/C14H21NO3/c1-16-13-6-2-3-7-14(13)18-10-8-15-11-12-5-4-9-17-12/h2-3,6-7,12,15H,4-5,8-11H2,1H3/p+1/t12-/m0/s1. The van der Waals surface area contributed by atoms with Gasteiger partial charge in [-0.15, -0.1) is 0 Å². The lowest BCUT2D eigenvalue weighted by atomic mass is 10.2. The van der Waals surface area contributed by atoms with Gasteiger partial charge in [0.1, 0.15) is 25.8 Å². The second-order valence-electron chi connectivity index (χ2n) is 4.45. The topological polar surface area (TPSA) is 44.3 Å². The van der Waals surface area contributed by atoms with E-state index < -0.39 is 0 Å². The maximum absolute atomic E-state index is 5.70. The molecule has 0 unspecified atom stereocenters. The van der Waals surface area contributed by atoms with Crippen LogP contribution in [0.15, 0.2) is 24.3 Å². The fourth-order valence-electron chi connectivity index (χ4n) is 2.12. The summed E-state index contributed by atoms with van der Waals surface area (Å²) in [6.45, 7) is 3.59. The van der Waals surface area contributed by atoms with Crippen molar-refractivity contribution in [3.05, 3.63) is 24.3 Å². The van der Waals surface area contributed by atoms with E-state index in [1.54, 1.807) is 7.11 Å². The normalized spacial score (nSPS) is 18.8. The number of benzene rings is 1. The maximum atomic E-state index is 5.70. The number of rotatable bonds is 7. The Balaban J connectivity index is 1.62. The lowest BCUT2D eigenvalue weighted by Crippen LogP contribution is -2.87.